The molecule has 0 saturated heterocycles. The minimum absolute atomic E-state index is 0.0931. The van der Waals surface area contributed by atoms with Crippen LogP contribution in [0.3, 0.4) is 0 Å². The van der Waals surface area contributed by atoms with E-state index in [4.69, 9.17) is 9.84 Å². The molecule has 5 nitrogen and oxygen atoms in total. The Morgan fingerprint density at radius 3 is 2.52 bits per heavy atom. The molecule has 1 fully saturated rings. The number of aliphatic carboxylic acids is 1. The number of rotatable bonds is 9. The third kappa shape index (κ3) is 6.93. The van der Waals surface area contributed by atoms with Gasteiger partial charge in [-0.3, -0.25) is 4.79 Å². The molecule has 0 radical (unpaired) electrons. The van der Waals surface area contributed by atoms with E-state index in [0.29, 0.717) is 6.54 Å². The topological polar surface area (TPSA) is 75.6 Å². The first-order valence-electron chi connectivity index (χ1n) is 8.16. The fourth-order valence-corrected chi connectivity index (χ4v) is 2.83. The van der Waals surface area contributed by atoms with Crippen molar-refractivity contribution in [2.75, 3.05) is 13.2 Å². The lowest BCUT2D eigenvalue weighted by Gasteiger charge is -2.27. The molecule has 21 heavy (non-hydrogen) atoms. The fraction of sp³-hybridized carbons (Fsp3) is 0.875. The second kappa shape index (κ2) is 9.77. The van der Waals surface area contributed by atoms with Gasteiger partial charge in [-0.05, 0) is 38.5 Å². The van der Waals surface area contributed by atoms with E-state index in [9.17, 15) is 9.59 Å². The summed E-state index contributed by atoms with van der Waals surface area (Å²) in [5, 5.41) is 11.5. The maximum atomic E-state index is 12.0. The average Bonchev–Trinajstić information content (AvgIpc) is 2.49. The minimum atomic E-state index is -0.980. The Bertz CT molecular complexity index is 324. The van der Waals surface area contributed by atoms with Gasteiger partial charge in [0.25, 0.3) is 0 Å². The molecule has 0 bridgehead atoms. The lowest BCUT2D eigenvalue weighted by molar-refractivity contribution is -0.149. The molecular weight excluding hydrogens is 270 g/mol. The maximum Gasteiger partial charge on any atom is 0.332 e. The Morgan fingerprint density at radius 1 is 1.29 bits per heavy atom. The smallest absolute Gasteiger partial charge is 0.332 e. The Balaban J connectivity index is 2.12. The van der Waals surface area contributed by atoms with Gasteiger partial charge in [0.2, 0.25) is 5.91 Å². The van der Waals surface area contributed by atoms with E-state index in [1.807, 2.05) is 0 Å². The van der Waals surface area contributed by atoms with Crippen LogP contribution >= 0.6 is 0 Å². The summed E-state index contributed by atoms with van der Waals surface area (Å²) in [4.78, 5) is 22.6. The third-order valence-electron chi connectivity index (χ3n) is 4.30. The zero-order valence-electron chi connectivity index (χ0n) is 13.3. The number of ether oxygens (including phenoxy) is 1. The van der Waals surface area contributed by atoms with Crippen molar-refractivity contribution in [2.24, 2.45) is 11.8 Å². The van der Waals surface area contributed by atoms with Crippen LogP contribution in [0.4, 0.5) is 0 Å². The minimum Gasteiger partial charge on any atom is -0.479 e. The first-order chi connectivity index (χ1) is 10.0. The largest absolute Gasteiger partial charge is 0.479 e. The first-order valence-corrected chi connectivity index (χ1v) is 8.16. The van der Waals surface area contributed by atoms with Crippen LogP contribution in [-0.2, 0) is 14.3 Å². The quantitative estimate of drug-likeness (QED) is 0.642. The normalized spacial score (nSPS) is 23.5. The van der Waals surface area contributed by atoms with Gasteiger partial charge in [-0.15, -0.1) is 0 Å². The Labute approximate surface area is 127 Å². The number of hydrogen-bond acceptors (Lipinski definition) is 3. The van der Waals surface area contributed by atoms with Gasteiger partial charge in [-0.2, -0.15) is 0 Å². The second-order valence-electron chi connectivity index (χ2n) is 6.00. The zero-order valence-corrected chi connectivity index (χ0v) is 13.3. The number of carbonyl (C=O) groups is 2. The van der Waals surface area contributed by atoms with Crippen molar-refractivity contribution in [3.8, 4) is 0 Å². The highest BCUT2D eigenvalue weighted by Crippen LogP contribution is 2.31. The van der Waals surface area contributed by atoms with Crippen LogP contribution in [-0.4, -0.2) is 36.2 Å². The molecule has 122 valence electrons. The highest BCUT2D eigenvalue weighted by molar-refractivity contribution is 5.78. The van der Waals surface area contributed by atoms with Crippen molar-refractivity contribution in [2.45, 2.75) is 64.9 Å². The molecule has 2 N–H and O–H groups in total. The lowest BCUT2D eigenvalue weighted by Crippen LogP contribution is -2.36. The second-order valence-corrected chi connectivity index (χ2v) is 6.00. The Hall–Kier alpha value is -1.10. The molecule has 0 spiro atoms. The SMILES string of the molecule is CCCCC1CCC(C(=O)NCCOC(C)C(=O)O)CC1. The number of unbranched alkanes of at least 4 members (excludes halogenated alkanes) is 1. The van der Waals surface area contributed by atoms with E-state index >= 15 is 0 Å². The van der Waals surface area contributed by atoms with E-state index in [2.05, 4.69) is 12.2 Å². The van der Waals surface area contributed by atoms with Gasteiger partial charge in [0, 0.05) is 12.5 Å². The highest BCUT2D eigenvalue weighted by Gasteiger charge is 2.25. The molecule has 1 amide bonds. The molecule has 0 aliphatic heterocycles. The predicted octanol–water partition coefficient (Wildman–Crippen LogP) is 2.59. The summed E-state index contributed by atoms with van der Waals surface area (Å²) in [6.07, 6.45) is 7.28. The van der Waals surface area contributed by atoms with Gasteiger partial charge < -0.3 is 15.2 Å². The van der Waals surface area contributed by atoms with Crippen molar-refractivity contribution in [1.29, 1.82) is 0 Å². The zero-order chi connectivity index (χ0) is 15.7. The van der Waals surface area contributed by atoms with Gasteiger partial charge in [-0.25, -0.2) is 4.79 Å². The maximum absolute atomic E-state index is 12.0. The van der Waals surface area contributed by atoms with Gasteiger partial charge in [0.1, 0.15) is 0 Å². The molecular formula is C16H29NO4. The molecule has 1 aliphatic rings. The van der Waals surface area contributed by atoms with E-state index in [0.717, 1.165) is 31.6 Å². The summed E-state index contributed by atoms with van der Waals surface area (Å²) in [5.74, 6) is 0.0378. The van der Waals surface area contributed by atoms with E-state index in [-0.39, 0.29) is 18.4 Å². The molecule has 1 atom stereocenters. The molecule has 0 heterocycles. The van der Waals surface area contributed by atoms with Crippen LogP contribution in [0.25, 0.3) is 0 Å². The van der Waals surface area contributed by atoms with Crippen LogP contribution in [0.5, 0.6) is 0 Å². The van der Waals surface area contributed by atoms with Crippen molar-refractivity contribution in [1.82, 2.24) is 5.32 Å². The monoisotopic (exact) mass is 299 g/mol. The van der Waals surface area contributed by atoms with E-state index in [1.54, 1.807) is 0 Å². The van der Waals surface area contributed by atoms with Gasteiger partial charge in [0.05, 0.1) is 6.61 Å². The Morgan fingerprint density at radius 2 is 1.95 bits per heavy atom. The number of carboxylic acids is 1. The van der Waals surface area contributed by atoms with Crippen molar-refractivity contribution >= 4 is 11.9 Å². The molecule has 0 aromatic carbocycles. The first kappa shape index (κ1) is 18.0. The average molecular weight is 299 g/mol. The number of nitrogens with one attached hydrogen (secondary N) is 1. The molecule has 1 aliphatic carbocycles. The lowest BCUT2D eigenvalue weighted by atomic mass is 9.79. The summed E-state index contributed by atoms with van der Waals surface area (Å²) < 4.78 is 5.09. The number of carboxylic acid groups (broad SMARTS) is 1. The van der Waals surface area contributed by atoms with Crippen LogP contribution in [0, 0.1) is 11.8 Å². The summed E-state index contributed by atoms with van der Waals surface area (Å²) in [6.45, 7) is 4.32. The van der Waals surface area contributed by atoms with Crippen LogP contribution in [0.15, 0.2) is 0 Å². The number of carbonyl (C=O) groups excluding carboxylic acids is 1. The molecule has 0 aromatic rings. The van der Waals surface area contributed by atoms with Gasteiger partial charge in [0.15, 0.2) is 6.10 Å². The van der Waals surface area contributed by atoms with Crippen molar-refractivity contribution < 1.29 is 19.4 Å². The summed E-state index contributed by atoms with van der Waals surface area (Å²) in [5.41, 5.74) is 0. The van der Waals surface area contributed by atoms with E-state index in [1.165, 1.54) is 26.2 Å². The number of hydrogen-bond donors (Lipinski definition) is 2. The molecule has 1 saturated carbocycles. The fourth-order valence-electron chi connectivity index (χ4n) is 2.83. The van der Waals surface area contributed by atoms with Gasteiger partial charge in [-0.1, -0.05) is 26.2 Å². The molecule has 1 rings (SSSR count). The third-order valence-corrected chi connectivity index (χ3v) is 4.30. The highest BCUT2D eigenvalue weighted by atomic mass is 16.5. The van der Waals surface area contributed by atoms with Crippen LogP contribution in [0.1, 0.15) is 58.8 Å². The van der Waals surface area contributed by atoms with Crippen molar-refractivity contribution in [3.63, 3.8) is 0 Å². The molecule has 5 heteroatoms. The standard InChI is InChI=1S/C16H29NO4/c1-3-4-5-13-6-8-14(9-7-13)15(18)17-10-11-21-12(2)16(19)20/h12-14H,3-11H2,1-2H3,(H,17,18)(H,19,20). The predicted molar refractivity (Wildman–Crippen MR) is 81.0 cm³/mol. The van der Waals surface area contributed by atoms with Gasteiger partial charge >= 0.3 is 5.97 Å². The van der Waals surface area contributed by atoms with Crippen LogP contribution < -0.4 is 5.32 Å². The summed E-state index contributed by atoms with van der Waals surface area (Å²) >= 11 is 0. The number of amides is 1. The van der Waals surface area contributed by atoms with Crippen LogP contribution in [0.2, 0.25) is 0 Å². The molecule has 0 aromatic heterocycles. The molecule has 1 unspecified atom stereocenters. The van der Waals surface area contributed by atoms with Crippen molar-refractivity contribution in [3.05, 3.63) is 0 Å². The van der Waals surface area contributed by atoms with E-state index < -0.39 is 12.1 Å². The summed E-state index contributed by atoms with van der Waals surface area (Å²) in [6, 6.07) is 0. The Kier molecular flexibility index (Phi) is 8.35. The summed E-state index contributed by atoms with van der Waals surface area (Å²) in [7, 11) is 0.